The van der Waals surface area contributed by atoms with Gasteiger partial charge in [-0.3, -0.25) is 4.98 Å². The Hall–Kier alpha value is -2.43. The summed E-state index contributed by atoms with van der Waals surface area (Å²) < 4.78 is 4.86. The number of nitrogens with zero attached hydrogens (tertiary/aromatic N) is 3. The van der Waals surface area contributed by atoms with E-state index >= 15 is 0 Å². The maximum atomic E-state index is 11.9. The van der Waals surface area contributed by atoms with Crippen molar-refractivity contribution in [2.24, 2.45) is 0 Å². The highest BCUT2D eigenvalue weighted by Gasteiger charge is 2.22. The van der Waals surface area contributed by atoms with Crippen molar-refractivity contribution < 1.29 is 9.53 Å². The fourth-order valence-corrected chi connectivity index (χ4v) is 2.53. The van der Waals surface area contributed by atoms with Crippen LogP contribution in [0.15, 0.2) is 36.8 Å². The van der Waals surface area contributed by atoms with E-state index in [2.05, 4.69) is 20.9 Å². The minimum absolute atomic E-state index is 0.289. The van der Waals surface area contributed by atoms with Crippen molar-refractivity contribution in [2.45, 2.75) is 13.0 Å². The van der Waals surface area contributed by atoms with Crippen LogP contribution in [0.2, 0.25) is 0 Å². The molecule has 0 spiro atoms. The van der Waals surface area contributed by atoms with Gasteiger partial charge < -0.3 is 9.64 Å². The highest BCUT2D eigenvalue weighted by molar-refractivity contribution is 5.91. The summed E-state index contributed by atoms with van der Waals surface area (Å²) in [5.41, 5.74) is 2.86. The molecule has 2 aromatic rings. The summed E-state index contributed by atoms with van der Waals surface area (Å²) >= 11 is 0. The van der Waals surface area contributed by atoms with Gasteiger partial charge in [-0.2, -0.15) is 0 Å². The number of aromatic nitrogens is 2. The number of ether oxygens (including phenoxy) is 1. The summed E-state index contributed by atoms with van der Waals surface area (Å²) in [7, 11) is 1.41. The van der Waals surface area contributed by atoms with Crippen LogP contribution in [0.4, 0.5) is 5.82 Å². The maximum Gasteiger partial charge on any atom is 0.338 e. The summed E-state index contributed by atoms with van der Waals surface area (Å²) in [6, 6.07) is 5.78. The number of benzene rings is 1. The smallest absolute Gasteiger partial charge is 0.338 e. The van der Waals surface area contributed by atoms with E-state index in [1.165, 1.54) is 12.7 Å². The zero-order chi connectivity index (χ0) is 13.9. The van der Waals surface area contributed by atoms with Crippen LogP contribution in [-0.4, -0.2) is 29.6 Å². The fourth-order valence-electron chi connectivity index (χ4n) is 2.53. The number of rotatable bonds is 2. The van der Waals surface area contributed by atoms with E-state index in [9.17, 15) is 4.79 Å². The lowest BCUT2D eigenvalue weighted by atomic mass is 9.95. The maximum absolute atomic E-state index is 11.9. The van der Waals surface area contributed by atoms with Gasteiger partial charge in [0, 0.05) is 25.5 Å². The lowest BCUT2D eigenvalue weighted by Crippen LogP contribution is -2.32. The molecule has 1 aromatic heterocycles. The van der Waals surface area contributed by atoms with Gasteiger partial charge in [-0.15, -0.1) is 0 Å². The van der Waals surface area contributed by atoms with E-state index in [4.69, 9.17) is 4.74 Å². The van der Waals surface area contributed by atoms with Crippen molar-refractivity contribution in [3.8, 4) is 0 Å². The molecule has 1 aromatic carbocycles. The van der Waals surface area contributed by atoms with Crippen LogP contribution in [0.25, 0.3) is 0 Å². The second-order valence-electron chi connectivity index (χ2n) is 4.67. The van der Waals surface area contributed by atoms with Crippen molar-refractivity contribution >= 4 is 11.8 Å². The summed E-state index contributed by atoms with van der Waals surface area (Å²) in [6.45, 7) is 1.52. The summed E-state index contributed by atoms with van der Waals surface area (Å²) in [6.07, 6.45) is 5.96. The number of anilines is 1. The van der Waals surface area contributed by atoms with E-state index in [-0.39, 0.29) is 5.97 Å². The molecule has 1 aliphatic rings. The minimum atomic E-state index is -0.289. The molecule has 0 radical (unpaired) electrons. The SMILES string of the molecule is COC(=O)c1cccc2c1CN(c1cnccn1)CC2. The Balaban J connectivity index is 1.96. The third-order valence-corrected chi connectivity index (χ3v) is 3.55. The summed E-state index contributed by atoms with van der Waals surface area (Å²) in [5, 5.41) is 0. The summed E-state index contributed by atoms with van der Waals surface area (Å²) in [5.74, 6) is 0.542. The fraction of sp³-hybridized carbons (Fsp3) is 0.267. The van der Waals surface area contributed by atoms with Gasteiger partial charge in [0.05, 0.1) is 18.9 Å². The first-order valence-corrected chi connectivity index (χ1v) is 6.49. The molecule has 102 valence electrons. The highest BCUT2D eigenvalue weighted by atomic mass is 16.5. The molecule has 0 saturated heterocycles. The molecule has 5 heteroatoms. The Kier molecular flexibility index (Phi) is 3.33. The number of hydrogen-bond donors (Lipinski definition) is 0. The van der Waals surface area contributed by atoms with Crippen molar-refractivity contribution in [3.63, 3.8) is 0 Å². The molecular weight excluding hydrogens is 254 g/mol. The Morgan fingerprint density at radius 1 is 1.35 bits per heavy atom. The first kappa shape index (κ1) is 12.6. The predicted octanol–water partition coefficient (Wildman–Crippen LogP) is 1.83. The molecule has 0 unspecified atom stereocenters. The molecule has 0 N–H and O–H groups in total. The van der Waals surface area contributed by atoms with Gasteiger partial charge in [-0.05, 0) is 23.6 Å². The van der Waals surface area contributed by atoms with Gasteiger partial charge in [-0.25, -0.2) is 9.78 Å². The van der Waals surface area contributed by atoms with Gasteiger partial charge >= 0.3 is 5.97 Å². The Labute approximate surface area is 117 Å². The summed E-state index contributed by atoms with van der Waals surface area (Å²) in [4.78, 5) is 22.4. The van der Waals surface area contributed by atoms with Crippen molar-refractivity contribution in [3.05, 3.63) is 53.5 Å². The third kappa shape index (κ3) is 2.22. The monoisotopic (exact) mass is 269 g/mol. The molecule has 0 atom stereocenters. The van der Waals surface area contributed by atoms with E-state index in [0.29, 0.717) is 12.1 Å². The van der Waals surface area contributed by atoms with Gasteiger partial charge in [-0.1, -0.05) is 12.1 Å². The first-order chi connectivity index (χ1) is 9.79. The molecule has 0 aliphatic carbocycles. The standard InChI is InChI=1S/C15H15N3O2/c1-20-15(19)12-4-2-3-11-5-8-18(10-13(11)12)14-9-16-6-7-17-14/h2-4,6-7,9H,5,8,10H2,1H3. The number of carbonyl (C=O) groups is 1. The van der Waals surface area contributed by atoms with E-state index < -0.39 is 0 Å². The average molecular weight is 269 g/mol. The number of esters is 1. The van der Waals surface area contributed by atoms with Crippen LogP contribution >= 0.6 is 0 Å². The van der Waals surface area contributed by atoms with Crippen LogP contribution < -0.4 is 4.90 Å². The lowest BCUT2D eigenvalue weighted by molar-refractivity contribution is 0.0599. The molecule has 0 amide bonds. The molecular formula is C15H15N3O2. The van der Waals surface area contributed by atoms with Crippen molar-refractivity contribution in [1.82, 2.24) is 9.97 Å². The number of hydrogen-bond acceptors (Lipinski definition) is 5. The zero-order valence-corrected chi connectivity index (χ0v) is 11.2. The average Bonchev–Trinajstić information content (AvgIpc) is 2.54. The third-order valence-electron chi connectivity index (χ3n) is 3.55. The Bertz CT molecular complexity index is 628. The van der Waals surface area contributed by atoms with E-state index in [1.807, 2.05) is 12.1 Å². The number of carbonyl (C=O) groups excluding carboxylic acids is 1. The van der Waals surface area contributed by atoms with Gasteiger partial charge in [0.1, 0.15) is 5.82 Å². The minimum Gasteiger partial charge on any atom is -0.465 e. The molecule has 1 aliphatic heterocycles. The van der Waals surface area contributed by atoms with Crippen LogP contribution in [-0.2, 0) is 17.7 Å². The van der Waals surface area contributed by atoms with Crippen molar-refractivity contribution in [1.29, 1.82) is 0 Å². The Morgan fingerprint density at radius 2 is 2.25 bits per heavy atom. The first-order valence-electron chi connectivity index (χ1n) is 6.49. The van der Waals surface area contributed by atoms with Gasteiger partial charge in [0.15, 0.2) is 0 Å². The second-order valence-corrected chi connectivity index (χ2v) is 4.67. The van der Waals surface area contributed by atoms with E-state index in [0.717, 1.165) is 24.3 Å². The van der Waals surface area contributed by atoms with Gasteiger partial charge in [0.2, 0.25) is 0 Å². The van der Waals surface area contributed by atoms with Crippen LogP contribution in [0.3, 0.4) is 0 Å². The van der Waals surface area contributed by atoms with Crippen molar-refractivity contribution in [2.75, 3.05) is 18.6 Å². The molecule has 2 heterocycles. The molecule has 0 fully saturated rings. The normalized spacial score (nSPS) is 13.8. The number of methoxy groups -OCH3 is 1. The molecule has 0 saturated carbocycles. The van der Waals surface area contributed by atoms with Crippen LogP contribution in [0, 0.1) is 0 Å². The second kappa shape index (κ2) is 5.28. The highest BCUT2D eigenvalue weighted by Crippen LogP contribution is 2.25. The number of fused-ring (bicyclic) bond motifs is 1. The largest absolute Gasteiger partial charge is 0.465 e. The molecule has 20 heavy (non-hydrogen) atoms. The molecule has 0 bridgehead atoms. The molecule has 5 nitrogen and oxygen atoms in total. The van der Waals surface area contributed by atoms with Crippen LogP contribution in [0.1, 0.15) is 21.5 Å². The Morgan fingerprint density at radius 3 is 3.00 bits per heavy atom. The quantitative estimate of drug-likeness (QED) is 0.778. The topological polar surface area (TPSA) is 55.3 Å². The molecule has 3 rings (SSSR count). The lowest BCUT2D eigenvalue weighted by Gasteiger charge is -2.30. The van der Waals surface area contributed by atoms with Gasteiger partial charge in [0.25, 0.3) is 0 Å². The predicted molar refractivity (Wildman–Crippen MR) is 74.6 cm³/mol. The zero-order valence-electron chi connectivity index (χ0n) is 11.2. The van der Waals surface area contributed by atoms with E-state index in [1.54, 1.807) is 18.6 Å². The van der Waals surface area contributed by atoms with Crippen LogP contribution in [0.5, 0.6) is 0 Å².